The predicted octanol–water partition coefficient (Wildman–Crippen LogP) is 3.31. The molecule has 0 spiro atoms. The zero-order chi connectivity index (χ0) is 11.4. The molecule has 0 aliphatic heterocycles. The predicted molar refractivity (Wildman–Crippen MR) is 62.7 cm³/mol. The fraction of sp³-hybridized carbons (Fsp3) is 0.500. The molecule has 0 heterocycles. The van der Waals surface area contributed by atoms with Gasteiger partial charge in [0.05, 0.1) is 5.02 Å². The largest absolute Gasteiger partial charge is 0.330 e. The quantitative estimate of drug-likeness (QED) is 0.842. The van der Waals surface area contributed by atoms with Crippen LogP contribution < -0.4 is 5.73 Å². The average Bonchev–Trinajstić information content (AvgIpc) is 2.13. The summed E-state index contributed by atoms with van der Waals surface area (Å²) in [7, 11) is 0. The summed E-state index contributed by atoms with van der Waals surface area (Å²) < 4.78 is 13.3. The molecule has 0 aromatic heterocycles. The Morgan fingerprint density at radius 2 is 2.13 bits per heavy atom. The standard InChI is InChI=1S/C12H17ClFN/c1-8(3-4-15)5-10-6-9(2)7-11(14)12(10)13/h6-8H,3-5,15H2,1-2H3. The monoisotopic (exact) mass is 229 g/mol. The Balaban J connectivity index is 2.84. The number of hydrogen-bond donors (Lipinski definition) is 1. The van der Waals surface area contributed by atoms with Gasteiger partial charge in [-0.2, -0.15) is 0 Å². The molecule has 1 rings (SSSR count). The lowest BCUT2D eigenvalue weighted by Crippen LogP contribution is -2.08. The van der Waals surface area contributed by atoms with E-state index in [0.717, 1.165) is 24.0 Å². The molecule has 84 valence electrons. The van der Waals surface area contributed by atoms with Crippen LogP contribution in [0, 0.1) is 18.7 Å². The first-order valence-electron chi connectivity index (χ1n) is 5.19. The zero-order valence-corrected chi connectivity index (χ0v) is 9.94. The number of hydrogen-bond acceptors (Lipinski definition) is 1. The van der Waals surface area contributed by atoms with Crippen LogP contribution in [0.15, 0.2) is 12.1 Å². The molecule has 1 unspecified atom stereocenters. The second-order valence-electron chi connectivity index (χ2n) is 4.11. The molecule has 3 heteroatoms. The maximum atomic E-state index is 13.3. The van der Waals surface area contributed by atoms with Gasteiger partial charge >= 0.3 is 0 Å². The van der Waals surface area contributed by atoms with E-state index in [0.29, 0.717) is 12.5 Å². The third-order valence-corrected chi connectivity index (χ3v) is 2.90. The molecule has 1 atom stereocenters. The SMILES string of the molecule is Cc1cc(F)c(Cl)c(CC(C)CCN)c1. The van der Waals surface area contributed by atoms with Gasteiger partial charge in [0.2, 0.25) is 0 Å². The third-order valence-electron chi connectivity index (χ3n) is 2.48. The van der Waals surface area contributed by atoms with Crippen LogP contribution in [0.4, 0.5) is 4.39 Å². The van der Waals surface area contributed by atoms with E-state index in [9.17, 15) is 4.39 Å². The summed E-state index contributed by atoms with van der Waals surface area (Å²) in [6.45, 7) is 4.63. The van der Waals surface area contributed by atoms with Crippen LogP contribution in [0.3, 0.4) is 0 Å². The van der Waals surface area contributed by atoms with E-state index in [1.54, 1.807) is 0 Å². The fourth-order valence-corrected chi connectivity index (χ4v) is 1.89. The van der Waals surface area contributed by atoms with Crippen molar-refractivity contribution in [3.8, 4) is 0 Å². The summed E-state index contributed by atoms with van der Waals surface area (Å²) in [6.07, 6.45) is 1.72. The normalized spacial score (nSPS) is 12.9. The maximum absolute atomic E-state index is 13.3. The van der Waals surface area contributed by atoms with Crippen molar-refractivity contribution in [2.24, 2.45) is 11.7 Å². The van der Waals surface area contributed by atoms with Crippen LogP contribution in [0.5, 0.6) is 0 Å². The number of halogens is 2. The molecule has 1 aromatic carbocycles. The summed E-state index contributed by atoms with van der Waals surface area (Å²) in [5.41, 5.74) is 7.27. The van der Waals surface area contributed by atoms with Crippen molar-refractivity contribution >= 4 is 11.6 Å². The van der Waals surface area contributed by atoms with E-state index >= 15 is 0 Å². The molecule has 2 N–H and O–H groups in total. The molecule has 0 aliphatic rings. The van der Waals surface area contributed by atoms with Gasteiger partial charge in [-0.05, 0) is 49.4 Å². The first-order valence-corrected chi connectivity index (χ1v) is 5.57. The maximum Gasteiger partial charge on any atom is 0.142 e. The average molecular weight is 230 g/mol. The molecule has 1 aromatic rings. The minimum atomic E-state index is -0.327. The number of aryl methyl sites for hydroxylation is 1. The van der Waals surface area contributed by atoms with Crippen molar-refractivity contribution < 1.29 is 4.39 Å². The molecular formula is C12H17ClFN. The second-order valence-corrected chi connectivity index (χ2v) is 4.48. The minimum Gasteiger partial charge on any atom is -0.330 e. The van der Waals surface area contributed by atoms with Crippen molar-refractivity contribution in [2.45, 2.75) is 26.7 Å². The molecule has 0 saturated carbocycles. The van der Waals surface area contributed by atoms with Gasteiger partial charge in [-0.25, -0.2) is 4.39 Å². The Bertz CT molecular complexity index is 339. The van der Waals surface area contributed by atoms with Gasteiger partial charge < -0.3 is 5.73 Å². The molecule has 0 aliphatic carbocycles. The van der Waals surface area contributed by atoms with E-state index < -0.39 is 0 Å². The van der Waals surface area contributed by atoms with Crippen LogP contribution in [0.2, 0.25) is 5.02 Å². The third kappa shape index (κ3) is 3.47. The number of benzene rings is 1. The zero-order valence-electron chi connectivity index (χ0n) is 9.19. The Morgan fingerprint density at radius 3 is 2.73 bits per heavy atom. The summed E-state index contributed by atoms with van der Waals surface area (Å²) in [6, 6.07) is 3.40. The van der Waals surface area contributed by atoms with E-state index in [4.69, 9.17) is 17.3 Å². The Hall–Kier alpha value is -0.600. The Morgan fingerprint density at radius 1 is 1.47 bits per heavy atom. The van der Waals surface area contributed by atoms with Crippen molar-refractivity contribution in [3.63, 3.8) is 0 Å². The van der Waals surface area contributed by atoms with Crippen LogP contribution in [0.1, 0.15) is 24.5 Å². The van der Waals surface area contributed by atoms with Crippen molar-refractivity contribution in [1.29, 1.82) is 0 Å². The highest BCUT2D eigenvalue weighted by Crippen LogP contribution is 2.24. The summed E-state index contributed by atoms with van der Waals surface area (Å²) >= 11 is 5.90. The summed E-state index contributed by atoms with van der Waals surface area (Å²) in [5, 5.41) is 0.254. The topological polar surface area (TPSA) is 26.0 Å². The Kier molecular flexibility index (Phi) is 4.55. The van der Waals surface area contributed by atoms with Gasteiger partial charge in [-0.15, -0.1) is 0 Å². The van der Waals surface area contributed by atoms with Crippen LogP contribution >= 0.6 is 11.6 Å². The molecule has 1 nitrogen and oxygen atoms in total. The van der Waals surface area contributed by atoms with Crippen molar-refractivity contribution in [2.75, 3.05) is 6.54 Å². The fourth-order valence-electron chi connectivity index (χ4n) is 1.71. The summed E-state index contributed by atoms with van der Waals surface area (Å²) in [4.78, 5) is 0. The first-order chi connectivity index (χ1) is 7.04. The minimum absolute atomic E-state index is 0.254. The number of nitrogens with two attached hydrogens (primary N) is 1. The van der Waals surface area contributed by atoms with Gasteiger partial charge in [0, 0.05) is 0 Å². The lowest BCUT2D eigenvalue weighted by molar-refractivity contribution is 0.535. The van der Waals surface area contributed by atoms with Crippen LogP contribution in [-0.2, 0) is 6.42 Å². The van der Waals surface area contributed by atoms with E-state index in [-0.39, 0.29) is 10.8 Å². The molecule has 15 heavy (non-hydrogen) atoms. The van der Waals surface area contributed by atoms with Gasteiger partial charge in [0.15, 0.2) is 0 Å². The van der Waals surface area contributed by atoms with E-state index in [2.05, 4.69) is 6.92 Å². The molecule has 0 bridgehead atoms. The lowest BCUT2D eigenvalue weighted by Gasteiger charge is -2.12. The highest BCUT2D eigenvalue weighted by atomic mass is 35.5. The lowest BCUT2D eigenvalue weighted by atomic mass is 9.97. The molecule has 0 saturated heterocycles. The van der Waals surface area contributed by atoms with Gasteiger partial charge in [-0.3, -0.25) is 0 Å². The Labute approximate surface area is 95.4 Å². The van der Waals surface area contributed by atoms with Crippen LogP contribution in [-0.4, -0.2) is 6.54 Å². The smallest absolute Gasteiger partial charge is 0.142 e. The molecule has 0 fully saturated rings. The highest BCUT2D eigenvalue weighted by molar-refractivity contribution is 6.31. The molecule has 0 radical (unpaired) electrons. The van der Waals surface area contributed by atoms with E-state index in [1.165, 1.54) is 6.07 Å². The second kappa shape index (κ2) is 5.47. The first kappa shape index (κ1) is 12.5. The van der Waals surface area contributed by atoms with Crippen molar-refractivity contribution in [3.05, 3.63) is 34.1 Å². The van der Waals surface area contributed by atoms with Crippen molar-refractivity contribution in [1.82, 2.24) is 0 Å². The van der Waals surface area contributed by atoms with Gasteiger partial charge in [0.1, 0.15) is 5.82 Å². The molecular weight excluding hydrogens is 213 g/mol. The van der Waals surface area contributed by atoms with Gasteiger partial charge in [-0.1, -0.05) is 24.6 Å². The number of rotatable bonds is 4. The highest BCUT2D eigenvalue weighted by Gasteiger charge is 2.10. The van der Waals surface area contributed by atoms with Gasteiger partial charge in [0.25, 0.3) is 0 Å². The summed E-state index contributed by atoms with van der Waals surface area (Å²) in [5.74, 6) is 0.111. The molecule has 0 amide bonds. The van der Waals surface area contributed by atoms with Crippen LogP contribution in [0.25, 0.3) is 0 Å². The van der Waals surface area contributed by atoms with E-state index in [1.807, 2.05) is 13.0 Å².